The van der Waals surface area contributed by atoms with Crippen molar-refractivity contribution < 1.29 is 0 Å². The van der Waals surface area contributed by atoms with Crippen LogP contribution < -0.4 is 26.5 Å². The Hall–Kier alpha value is -3.66. The summed E-state index contributed by atoms with van der Waals surface area (Å²) in [5.74, 6) is 0. The molecule has 0 radical (unpaired) electrons. The first-order valence-corrected chi connectivity index (χ1v) is 14.0. The quantitative estimate of drug-likeness (QED) is 0.225. The van der Waals surface area contributed by atoms with Gasteiger partial charge in [0.15, 0.2) is 8.07 Å². The molecule has 0 aliphatic heterocycles. The highest BCUT2D eigenvalue weighted by Crippen LogP contribution is 2.35. The first kappa shape index (κ1) is 20.0. The second-order valence-electron chi connectivity index (χ2n) is 8.39. The van der Waals surface area contributed by atoms with Crippen LogP contribution in [0, 0.1) is 0 Å². The molecule has 3 heteroatoms. The largest absolute Gasteiger partial charge is 0.399 e. The second-order valence-corrected chi connectivity index (χ2v) is 13.2. The highest BCUT2D eigenvalue weighted by atomic mass is 32.1. The van der Waals surface area contributed by atoms with Crippen LogP contribution in [0.5, 0.6) is 0 Å². The smallest absolute Gasteiger partial charge is 0.181 e. The lowest BCUT2D eigenvalue weighted by atomic mass is 10.1. The predicted octanol–water partition coefficient (Wildman–Crippen LogP) is 5.01. The maximum atomic E-state index is 6.18. The van der Waals surface area contributed by atoms with Gasteiger partial charge in [0.2, 0.25) is 0 Å². The third-order valence-corrected chi connectivity index (χ3v) is 12.8. The van der Waals surface area contributed by atoms with Crippen molar-refractivity contribution in [2.24, 2.45) is 0 Å². The van der Waals surface area contributed by atoms with Gasteiger partial charge >= 0.3 is 0 Å². The molecule has 1 nitrogen and oxygen atoms in total. The van der Waals surface area contributed by atoms with E-state index < -0.39 is 8.07 Å². The summed E-state index contributed by atoms with van der Waals surface area (Å²) < 4.78 is 2.64. The van der Waals surface area contributed by atoms with Gasteiger partial charge in [-0.1, -0.05) is 109 Å². The van der Waals surface area contributed by atoms with E-state index in [0.29, 0.717) is 0 Å². The maximum Gasteiger partial charge on any atom is 0.181 e. The van der Waals surface area contributed by atoms with Crippen LogP contribution in [0.4, 0.5) is 5.69 Å². The summed E-state index contributed by atoms with van der Waals surface area (Å²) in [7, 11) is -2.56. The second kappa shape index (κ2) is 8.04. The van der Waals surface area contributed by atoms with Crippen molar-refractivity contribution >= 4 is 66.0 Å². The molecule has 33 heavy (non-hydrogen) atoms. The predicted molar refractivity (Wildman–Crippen MR) is 147 cm³/mol. The molecule has 6 rings (SSSR count). The van der Waals surface area contributed by atoms with Gasteiger partial charge in [0.25, 0.3) is 0 Å². The maximum absolute atomic E-state index is 6.18. The van der Waals surface area contributed by atoms with Gasteiger partial charge < -0.3 is 5.73 Å². The van der Waals surface area contributed by atoms with Crippen molar-refractivity contribution in [3.63, 3.8) is 0 Å². The zero-order valence-electron chi connectivity index (χ0n) is 18.1. The van der Waals surface area contributed by atoms with Gasteiger partial charge in [-0.2, -0.15) is 0 Å². The summed E-state index contributed by atoms with van der Waals surface area (Å²) in [5, 5.41) is 8.15. The third kappa shape index (κ3) is 3.12. The van der Waals surface area contributed by atoms with Crippen molar-refractivity contribution in [3.05, 3.63) is 127 Å². The van der Waals surface area contributed by atoms with Crippen molar-refractivity contribution in [1.82, 2.24) is 0 Å². The van der Waals surface area contributed by atoms with Crippen molar-refractivity contribution in [2.45, 2.75) is 0 Å². The average Bonchev–Trinajstić information content (AvgIpc) is 3.25. The minimum Gasteiger partial charge on any atom is -0.399 e. The number of benzene rings is 5. The van der Waals surface area contributed by atoms with Crippen LogP contribution >= 0.6 is 11.3 Å². The Balaban J connectivity index is 1.81. The van der Waals surface area contributed by atoms with Gasteiger partial charge in [0.1, 0.15) is 0 Å². The highest BCUT2D eigenvalue weighted by molar-refractivity contribution is 7.30. The number of nitrogen functional groups attached to an aromatic ring is 1. The molecule has 0 bridgehead atoms. The molecule has 2 N–H and O–H groups in total. The monoisotopic (exact) mass is 457 g/mol. The number of thiophene rings is 1. The van der Waals surface area contributed by atoms with E-state index in [-0.39, 0.29) is 0 Å². The summed E-state index contributed by atoms with van der Waals surface area (Å²) in [5.41, 5.74) is 6.99. The van der Waals surface area contributed by atoms with Crippen LogP contribution in [-0.4, -0.2) is 8.07 Å². The lowest BCUT2D eigenvalue weighted by Gasteiger charge is -2.34. The van der Waals surface area contributed by atoms with Crippen LogP contribution in [0.25, 0.3) is 20.2 Å². The van der Waals surface area contributed by atoms with Gasteiger partial charge in [-0.25, -0.2) is 0 Å². The number of hydrogen-bond donors (Lipinski definition) is 1. The molecule has 0 saturated carbocycles. The minimum absolute atomic E-state index is 0.810. The van der Waals surface area contributed by atoms with Crippen LogP contribution in [0.3, 0.4) is 0 Å². The van der Waals surface area contributed by atoms with Gasteiger partial charge in [-0.3, -0.25) is 0 Å². The standard InChI is InChI=1S/C30H23NSSi/c31-22-19-20-28-27(21-22)26-17-10-18-29(30(26)32-28)33(23-11-4-1-5-12-23,24-13-6-2-7-14-24)25-15-8-3-9-16-25/h1-21H,31H2. The normalized spacial score (nSPS) is 11.8. The van der Waals surface area contributed by atoms with Crippen molar-refractivity contribution in [1.29, 1.82) is 0 Å². The van der Waals surface area contributed by atoms with Crippen LogP contribution in [0.15, 0.2) is 127 Å². The van der Waals surface area contributed by atoms with E-state index in [2.05, 4.69) is 121 Å². The Morgan fingerprint density at radius 3 is 1.61 bits per heavy atom. The SMILES string of the molecule is Nc1ccc2sc3c([Si](c4ccccc4)(c4ccccc4)c4ccccc4)cccc3c2c1. The van der Waals surface area contributed by atoms with Crippen molar-refractivity contribution in [3.8, 4) is 0 Å². The third-order valence-electron chi connectivity index (χ3n) is 6.55. The lowest BCUT2D eigenvalue weighted by Crippen LogP contribution is -2.74. The summed E-state index contributed by atoms with van der Waals surface area (Å²) in [4.78, 5) is 0. The molecule has 158 valence electrons. The molecule has 6 aromatic rings. The fourth-order valence-corrected chi connectivity index (χ4v) is 11.7. The van der Waals surface area contributed by atoms with E-state index in [1.54, 1.807) is 0 Å². The van der Waals surface area contributed by atoms with Crippen LogP contribution in [0.2, 0.25) is 0 Å². The number of hydrogen-bond acceptors (Lipinski definition) is 2. The molecule has 0 amide bonds. The molecule has 5 aromatic carbocycles. The van der Waals surface area contributed by atoms with E-state index in [0.717, 1.165) is 5.69 Å². The van der Waals surface area contributed by atoms with Crippen molar-refractivity contribution in [2.75, 3.05) is 5.73 Å². The van der Waals surface area contributed by atoms with Gasteiger partial charge in [0, 0.05) is 25.9 Å². The summed E-state index contributed by atoms with van der Waals surface area (Å²) in [6.07, 6.45) is 0. The summed E-state index contributed by atoms with van der Waals surface area (Å²) in [6.45, 7) is 0. The first-order valence-electron chi connectivity index (χ1n) is 11.2. The molecular weight excluding hydrogens is 434 g/mol. The topological polar surface area (TPSA) is 26.0 Å². The van der Waals surface area contributed by atoms with Gasteiger partial charge in [-0.15, -0.1) is 11.3 Å². The van der Waals surface area contributed by atoms with E-state index in [9.17, 15) is 0 Å². The van der Waals surface area contributed by atoms with E-state index in [4.69, 9.17) is 5.73 Å². The van der Waals surface area contributed by atoms with Gasteiger partial charge in [-0.05, 0) is 38.9 Å². The fraction of sp³-hybridized carbons (Fsp3) is 0. The molecule has 1 heterocycles. The summed E-state index contributed by atoms with van der Waals surface area (Å²) >= 11 is 1.89. The van der Waals surface area contributed by atoms with E-state index in [1.165, 1.54) is 40.9 Å². The first-order chi connectivity index (χ1) is 16.3. The number of fused-ring (bicyclic) bond motifs is 3. The Morgan fingerprint density at radius 2 is 1.06 bits per heavy atom. The molecular formula is C30H23NSSi. The number of rotatable bonds is 4. The molecule has 0 aliphatic rings. The Morgan fingerprint density at radius 1 is 0.515 bits per heavy atom. The highest BCUT2D eigenvalue weighted by Gasteiger charge is 2.42. The molecule has 0 aliphatic carbocycles. The Labute approximate surface area is 198 Å². The summed E-state index contributed by atoms with van der Waals surface area (Å²) in [6, 6.07) is 46.4. The van der Waals surface area contributed by atoms with Crippen LogP contribution in [-0.2, 0) is 0 Å². The fourth-order valence-electron chi connectivity index (χ4n) is 5.14. The van der Waals surface area contributed by atoms with Crippen LogP contribution in [0.1, 0.15) is 0 Å². The Kier molecular flexibility index (Phi) is 4.86. The average molecular weight is 458 g/mol. The molecule has 0 unspecified atom stereocenters. The zero-order chi connectivity index (χ0) is 22.3. The molecule has 1 aromatic heterocycles. The molecule has 0 saturated heterocycles. The minimum atomic E-state index is -2.56. The lowest BCUT2D eigenvalue weighted by molar-refractivity contribution is 1.68. The number of anilines is 1. The van der Waals surface area contributed by atoms with Gasteiger partial charge in [0.05, 0.1) is 0 Å². The molecule has 0 spiro atoms. The number of nitrogens with two attached hydrogens (primary N) is 1. The zero-order valence-corrected chi connectivity index (χ0v) is 19.9. The Bertz CT molecular complexity index is 1460. The van der Waals surface area contributed by atoms with E-state index >= 15 is 0 Å². The van der Waals surface area contributed by atoms with E-state index in [1.807, 2.05) is 17.4 Å². The molecule has 0 atom stereocenters. The molecule has 0 fully saturated rings.